The molecule has 2 amide bonds. The maximum absolute atomic E-state index is 13.1. The zero-order valence-corrected chi connectivity index (χ0v) is 13.3. The molecule has 0 atom stereocenters. The predicted octanol–water partition coefficient (Wildman–Crippen LogP) is 1.25. The van der Waals surface area contributed by atoms with Crippen LogP contribution in [0.3, 0.4) is 0 Å². The highest BCUT2D eigenvalue weighted by Crippen LogP contribution is 2.29. The Morgan fingerprint density at radius 2 is 2.04 bits per heavy atom. The average molecular weight is 322 g/mol. The Balaban J connectivity index is 1.75. The first kappa shape index (κ1) is 17.4. The Morgan fingerprint density at radius 1 is 1.35 bits per heavy atom. The molecule has 5 nitrogen and oxygen atoms in total. The number of benzene rings is 1. The third-order valence-electron chi connectivity index (χ3n) is 4.18. The highest BCUT2D eigenvalue weighted by atomic mass is 19.1. The highest BCUT2D eigenvalue weighted by Gasteiger charge is 2.33. The van der Waals surface area contributed by atoms with Crippen molar-refractivity contribution >= 4 is 11.8 Å². The number of likely N-dealkylation sites (N-methyl/N-ethyl adjacent to an activating group) is 1. The minimum absolute atomic E-state index is 0.0265. The van der Waals surface area contributed by atoms with Gasteiger partial charge in [-0.1, -0.05) is 25.0 Å². The van der Waals surface area contributed by atoms with Crippen LogP contribution in [0.15, 0.2) is 24.3 Å². The summed E-state index contributed by atoms with van der Waals surface area (Å²) in [5.41, 5.74) is -0.237. The standard InChI is InChI=1S/C17H23FN2O3/c1-20(12-17(23)7-2-3-8-17)16(22)11-19-15(21)10-13-5-4-6-14(18)9-13/h4-6,9,23H,2-3,7-8,10-12H2,1H3,(H,19,21). The van der Waals surface area contributed by atoms with E-state index in [0.717, 1.165) is 12.8 Å². The molecule has 0 unspecified atom stereocenters. The SMILES string of the molecule is CN(CC1(O)CCCC1)C(=O)CNC(=O)Cc1cccc(F)c1. The van der Waals surface area contributed by atoms with Gasteiger partial charge in [0.2, 0.25) is 11.8 Å². The normalized spacial score (nSPS) is 16.1. The number of hydrogen-bond acceptors (Lipinski definition) is 3. The molecule has 1 aromatic rings. The largest absolute Gasteiger partial charge is 0.388 e. The fourth-order valence-corrected chi connectivity index (χ4v) is 2.92. The Bertz CT molecular complexity index is 571. The number of nitrogens with one attached hydrogen (secondary N) is 1. The van der Waals surface area contributed by atoms with Crippen molar-refractivity contribution in [3.8, 4) is 0 Å². The molecule has 6 heteroatoms. The Hall–Kier alpha value is -1.95. The number of carbonyl (C=O) groups is 2. The van der Waals surface area contributed by atoms with Gasteiger partial charge in [-0.3, -0.25) is 9.59 Å². The second-order valence-electron chi connectivity index (χ2n) is 6.26. The second-order valence-corrected chi connectivity index (χ2v) is 6.26. The molecule has 1 fully saturated rings. The molecule has 0 aromatic heterocycles. The zero-order valence-electron chi connectivity index (χ0n) is 13.3. The molecule has 0 bridgehead atoms. The van der Waals surface area contributed by atoms with E-state index in [2.05, 4.69) is 5.32 Å². The van der Waals surface area contributed by atoms with Crippen molar-refractivity contribution in [2.45, 2.75) is 37.7 Å². The van der Waals surface area contributed by atoms with Crippen LogP contribution in [-0.4, -0.2) is 47.6 Å². The van der Waals surface area contributed by atoms with Crippen LogP contribution in [0.25, 0.3) is 0 Å². The first-order valence-electron chi connectivity index (χ1n) is 7.85. The Morgan fingerprint density at radius 3 is 2.70 bits per heavy atom. The second kappa shape index (κ2) is 7.55. The van der Waals surface area contributed by atoms with Crippen molar-refractivity contribution < 1.29 is 19.1 Å². The number of carbonyl (C=O) groups excluding carboxylic acids is 2. The van der Waals surface area contributed by atoms with E-state index in [4.69, 9.17) is 0 Å². The van der Waals surface area contributed by atoms with Crippen LogP contribution in [0.4, 0.5) is 4.39 Å². The van der Waals surface area contributed by atoms with Crippen molar-refractivity contribution in [1.82, 2.24) is 10.2 Å². The summed E-state index contributed by atoms with van der Waals surface area (Å²) in [6.45, 7) is 0.159. The van der Waals surface area contributed by atoms with E-state index < -0.39 is 11.4 Å². The molecule has 0 spiro atoms. The monoisotopic (exact) mass is 322 g/mol. The summed E-state index contributed by atoms with van der Waals surface area (Å²) in [6, 6.07) is 5.81. The number of amides is 2. The molecular weight excluding hydrogens is 299 g/mol. The van der Waals surface area contributed by atoms with Gasteiger partial charge in [-0.2, -0.15) is 0 Å². The molecule has 1 aliphatic carbocycles. The van der Waals surface area contributed by atoms with E-state index in [1.165, 1.54) is 17.0 Å². The lowest BCUT2D eigenvalue weighted by Gasteiger charge is -2.28. The Kier molecular flexibility index (Phi) is 5.71. The van der Waals surface area contributed by atoms with Crippen LogP contribution in [0.1, 0.15) is 31.2 Å². The number of aliphatic hydroxyl groups is 1. The number of nitrogens with zero attached hydrogens (tertiary/aromatic N) is 1. The van der Waals surface area contributed by atoms with Crippen LogP contribution < -0.4 is 5.32 Å². The molecule has 0 saturated heterocycles. The van der Waals surface area contributed by atoms with E-state index in [1.54, 1.807) is 19.2 Å². The molecule has 23 heavy (non-hydrogen) atoms. The molecule has 2 rings (SSSR count). The minimum Gasteiger partial charge on any atom is -0.388 e. The molecule has 1 aromatic carbocycles. The lowest BCUT2D eigenvalue weighted by molar-refractivity contribution is -0.134. The zero-order chi connectivity index (χ0) is 16.9. The van der Waals surface area contributed by atoms with Gasteiger partial charge < -0.3 is 15.3 Å². The third-order valence-corrected chi connectivity index (χ3v) is 4.18. The quantitative estimate of drug-likeness (QED) is 0.828. The van der Waals surface area contributed by atoms with Crippen molar-refractivity contribution in [3.05, 3.63) is 35.6 Å². The topological polar surface area (TPSA) is 69.6 Å². The van der Waals surface area contributed by atoms with Gasteiger partial charge in [0.15, 0.2) is 0 Å². The molecule has 1 saturated carbocycles. The molecule has 0 radical (unpaired) electrons. The van der Waals surface area contributed by atoms with Crippen LogP contribution in [-0.2, 0) is 16.0 Å². The fourth-order valence-electron chi connectivity index (χ4n) is 2.92. The molecule has 126 valence electrons. The summed E-state index contributed by atoms with van der Waals surface area (Å²) in [5, 5.41) is 12.8. The van der Waals surface area contributed by atoms with Crippen LogP contribution >= 0.6 is 0 Å². The smallest absolute Gasteiger partial charge is 0.241 e. The van der Waals surface area contributed by atoms with Gasteiger partial charge in [0.1, 0.15) is 5.82 Å². The van der Waals surface area contributed by atoms with Crippen molar-refractivity contribution in [2.24, 2.45) is 0 Å². The minimum atomic E-state index is -0.796. The third kappa shape index (κ3) is 5.32. The van der Waals surface area contributed by atoms with Crippen LogP contribution in [0.2, 0.25) is 0 Å². The van der Waals surface area contributed by atoms with E-state index >= 15 is 0 Å². The fraction of sp³-hybridized carbons (Fsp3) is 0.529. The first-order valence-corrected chi connectivity index (χ1v) is 7.85. The van der Waals surface area contributed by atoms with Gasteiger partial charge in [0, 0.05) is 13.6 Å². The van der Waals surface area contributed by atoms with E-state index in [-0.39, 0.29) is 31.3 Å². The summed E-state index contributed by atoms with van der Waals surface area (Å²) in [5.74, 6) is -0.981. The maximum Gasteiger partial charge on any atom is 0.241 e. The summed E-state index contributed by atoms with van der Waals surface area (Å²) in [4.78, 5) is 25.3. The Labute approximate surface area is 135 Å². The van der Waals surface area contributed by atoms with Gasteiger partial charge in [0.25, 0.3) is 0 Å². The van der Waals surface area contributed by atoms with Gasteiger partial charge in [-0.25, -0.2) is 4.39 Å². The van der Waals surface area contributed by atoms with Gasteiger partial charge >= 0.3 is 0 Å². The predicted molar refractivity (Wildman–Crippen MR) is 84.2 cm³/mol. The maximum atomic E-state index is 13.1. The van der Waals surface area contributed by atoms with Crippen LogP contribution in [0, 0.1) is 5.82 Å². The van der Waals surface area contributed by atoms with Crippen molar-refractivity contribution in [2.75, 3.05) is 20.1 Å². The molecule has 1 aliphatic rings. The molecule has 0 heterocycles. The van der Waals surface area contributed by atoms with E-state index in [1.807, 2.05) is 0 Å². The number of hydrogen-bond donors (Lipinski definition) is 2. The average Bonchev–Trinajstić information content (AvgIpc) is 2.91. The summed E-state index contributed by atoms with van der Waals surface area (Å²) in [6.07, 6.45) is 3.39. The number of halogens is 1. The lowest BCUT2D eigenvalue weighted by atomic mass is 10.0. The van der Waals surface area contributed by atoms with Crippen LogP contribution in [0.5, 0.6) is 0 Å². The van der Waals surface area contributed by atoms with Gasteiger partial charge in [-0.05, 0) is 30.5 Å². The van der Waals surface area contributed by atoms with Crippen molar-refractivity contribution in [3.63, 3.8) is 0 Å². The summed E-state index contributed by atoms with van der Waals surface area (Å²) in [7, 11) is 1.62. The number of rotatable bonds is 6. The van der Waals surface area contributed by atoms with Gasteiger partial charge in [0.05, 0.1) is 18.6 Å². The first-order chi connectivity index (χ1) is 10.9. The van der Waals surface area contributed by atoms with Gasteiger partial charge in [-0.15, -0.1) is 0 Å². The van der Waals surface area contributed by atoms with E-state index in [9.17, 15) is 19.1 Å². The summed E-state index contributed by atoms with van der Waals surface area (Å²) < 4.78 is 13.1. The van der Waals surface area contributed by atoms with Crippen molar-refractivity contribution in [1.29, 1.82) is 0 Å². The molecule has 0 aliphatic heterocycles. The molecule has 2 N–H and O–H groups in total. The molecular formula is C17H23FN2O3. The lowest BCUT2D eigenvalue weighted by Crippen LogP contribution is -2.45. The summed E-state index contributed by atoms with van der Waals surface area (Å²) >= 11 is 0. The van der Waals surface area contributed by atoms with E-state index in [0.29, 0.717) is 18.4 Å². The highest BCUT2D eigenvalue weighted by molar-refractivity contribution is 5.85.